The number of alkyl halides is 5. The van der Waals surface area contributed by atoms with Gasteiger partial charge in [-0.15, -0.1) is 5.92 Å². The first kappa shape index (κ1) is 42.4. The van der Waals surface area contributed by atoms with Crippen LogP contribution in [0.4, 0.5) is 35.1 Å². The molecule has 56 heavy (non-hydrogen) atoms. The van der Waals surface area contributed by atoms with Crippen molar-refractivity contribution in [3.05, 3.63) is 91.6 Å². The molecule has 0 bridgehead atoms. The van der Waals surface area contributed by atoms with E-state index in [1.807, 2.05) is 0 Å². The third kappa shape index (κ3) is 9.28. The molecule has 3 aromatic rings. The van der Waals surface area contributed by atoms with Crippen molar-refractivity contribution in [3.8, 4) is 23.0 Å². The van der Waals surface area contributed by atoms with Gasteiger partial charge in [-0.05, 0) is 105 Å². The summed E-state index contributed by atoms with van der Waals surface area (Å²) in [4.78, 5) is 41.7. The summed E-state index contributed by atoms with van der Waals surface area (Å²) in [5.74, 6) is -5.42. The molecule has 15 heteroatoms. The lowest BCUT2D eigenvalue weighted by molar-refractivity contribution is -0.139. The molecular formula is C41H43F8N3O4. The molecule has 2 aliphatic rings. The van der Waals surface area contributed by atoms with Crippen LogP contribution in [-0.4, -0.2) is 52.0 Å². The summed E-state index contributed by atoms with van der Waals surface area (Å²) in [6, 6.07) is 0.320. The SMILES string of the molecule is CC#Cc1cc(-c2c(C)cc(F)cc2C)c(F)c([C@@H](CC(=O)O)NC(=O)[C@@H](CC(C)C)n2cc(C3CCN(C[C@H]4CC4(F)F)CC3)c(C(F)(F)F)cc2=O)c1F. The molecule has 1 aliphatic carbocycles. The Bertz CT molecular complexity index is 2100. The number of nitrogens with zero attached hydrogens (tertiary/aromatic N) is 2. The highest BCUT2D eigenvalue weighted by Crippen LogP contribution is 2.49. The third-order valence-corrected chi connectivity index (χ3v) is 10.5. The normalized spacial score (nSPS) is 18.3. The molecule has 302 valence electrons. The number of hydrogen-bond acceptors (Lipinski definition) is 4. The van der Waals surface area contributed by atoms with Crippen molar-refractivity contribution in [1.29, 1.82) is 0 Å². The van der Waals surface area contributed by atoms with Crippen molar-refractivity contribution in [2.45, 2.75) is 96.8 Å². The molecule has 0 spiro atoms. The van der Waals surface area contributed by atoms with E-state index in [-0.39, 0.29) is 84.6 Å². The van der Waals surface area contributed by atoms with Gasteiger partial charge in [0.25, 0.3) is 11.5 Å². The van der Waals surface area contributed by atoms with Crippen LogP contribution in [-0.2, 0) is 15.8 Å². The van der Waals surface area contributed by atoms with Gasteiger partial charge in [-0.1, -0.05) is 19.8 Å². The first-order chi connectivity index (χ1) is 26.1. The molecule has 2 heterocycles. The number of halogens is 8. The van der Waals surface area contributed by atoms with Gasteiger partial charge in [-0.3, -0.25) is 14.4 Å². The number of aromatic nitrogens is 1. The average molecular weight is 794 g/mol. The topological polar surface area (TPSA) is 91.6 Å². The van der Waals surface area contributed by atoms with Crippen molar-refractivity contribution >= 4 is 11.9 Å². The van der Waals surface area contributed by atoms with E-state index in [1.54, 1.807) is 18.7 Å². The Hall–Kier alpha value is -4.71. The van der Waals surface area contributed by atoms with E-state index in [9.17, 15) is 45.8 Å². The summed E-state index contributed by atoms with van der Waals surface area (Å²) in [5, 5.41) is 12.3. The Morgan fingerprint density at radius 1 is 1.02 bits per heavy atom. The Morgan fingerprint density at radius 2 is 1.62 bits per heavy atom. The fraction of sp³-hybridized carbons (Fsp3) is 0.488. The quantitative estimate of drug-likeness (QED) is 0.142. The highest BCUT2D eigenvalue weighted by Gasteiger charge is 2.57. The number of amides is 1. The van der Waals surface area contributed by atoms with Crippen molar-refractivity contribution in [2.75, 3.05) is 19.6 Å². The molecule has 0 unspecified atom stereocenters. The zero-order chi connectivity index (χ0) is 41.4. The van der Waals surface area contributed by atoms with Crippen LogP contribution < -0.4 is 10.9 Å². The summed E-state index contributed by atoms with van der Waals surface area (Å²) >= 11 is 0. The zero-order valence-corrected chi connectivity index (χ0v) is 31.5. The second kappa shape index (κ2) is 16.4. The number of aliphatic carboxylic acids is 1. The molecule has 1 amide bonds. The minimum absolute atomic E-state index is 0.110. The minimum Gasteiger partial charge on any atom is -0.481 e. The lowest BCUT2D eigenvalue weighted by atomic mass is 9.87. The van der Waals surface area contributed by atoms with Gasteiger partial charge in [0.2, 0.25) is 5.91 Å². The summed E-state index contributed by atoms with van der Waals surface area (Å²) < 4.78 is 118. The largest absolute Gasteiger partial charge is 0.481 e. The van der Waals surface area contributed by atoms with Crippen LogP contribution in [0.25, 0.3) is 11.1 Å². The highest BCUT2D eigenvalue weighted by atomic mass is 19.4. The van der Waals surface area contributed by atoms with E-state index in [0.29, 0.717) is 6.07 Å². The predicted molar refractivity (Wildman–Crippen MR) is 193 cm³/mol. The number of hydrogen-bond donors (Lipinski definition) is 2. The maximum Gasteiger partial charge on any atom is 0.416 e. The number of pyridine rings is 1. The van der Waals surface area contributed by atoms with Gasteiger partial charge < -0.3 is 19.9 Å². The molecule has 2 aromatic carbocycles. The number of carbonyl (C=O) groups is 2. The predicted octanol–water partition coefficient (Wildman–Crippen LogP) is 8.69. The van der Waals surface area contributed by atoms with E-state index < -0.39 is 88.5 Å². The molecule has 5 rings (SSSR count). The molecule has 2 N–H and O–H groups in total. The summed E-state index contributed by atoms with van der Waals surface area (Å²) in [5.41, 5.74) is -3.36. The third-order valence-electron chi connectivity index (χ3n) is 10.5. The zero-order valence-electron chi connectivity index (χ0n) is 31.5. The van der Waals surface area contributed by atoms with Gasteiger partial charge in [-0.25, -0.2) is 22.0 Å². The molecule has 0 radical (unpaired) electrons. The van der Waals surface area contributed by atoms with Crippen LogP contribution >= 0.6 is 0 Å². The van der Waals surface area contributed by atoms with Crippen molar-refractivity contribution in [1.82, 2.24) is 14.8 Å². The van der Waals surface area contributed by atoms with Crippen molar-refractivity contribution < 1.29 is 49.8 Å². The van der Waals surface area contributed by atoms with E-state index in [0.717, 1.165) is 29.0 Å². The maximum absolute atomic E-state index is 16.7. The smallest absolute Gasteiger partial charge is 0.416 e. The number of carboxylic acids is 1. The number of carbonyl (C=O) groups excluding carboxylic acids is 1. The monoisotopic (exact) mass is 793 g/mol. The van der Waals surface area contributed by atoms with Gasteiger partial charge in [0.05, 0.1) is 23.6 Å². The van der Waals surface area contributed by atoms with Gasteiger partial charge in [0.1, 0.15) is 23.5 Å². The van der Waals surface area contributed by atoms with Gasteiger partial charge >= 0.3 is 12.1 Å². The number of nitrogens with one attached hydrogen (secondary N) is 1. The van der Waals surface area contributed by atoms with Gasteiger partial charge in [-0.2, -0.15) is 13.2 Å². The van der Waals surface area contributed by atoms with E-state index in [4.69, 9.17) is 0 Å². The lowest BCUT2D eigenvalue weighted by Gasteiger charge is -2.34. The summed E-state index contributed by atoms with van der Waals surface area (Å²) in [6.07, 6.45) is -5.10. The fourth-order valence-electron chi connectivity index (χ4n) is 7.75. The standard InChI is InChI=1S/C41H43F8N3O4/c1-6-7-25-15-28(35-22(4)13-27(42)14-23(35)5)38(44)36(37(25)43)31(17-34(54)55)50-39(56)32(12-21(2)3)52-20-29(30(16-33(52)53)41(47,48)49)24-8-10-51(11-9-24)19-26-18-40(26,45)46/h13-16,20-21,24,26,31-32H,8-12,17-19H2,1-5H3,(H,50,56)(H,54,55)/t26-,31-,32-/m1/s1. The van der Waals surface area contributed by atoms with Crippen LogP contribution in [0.15, 0.2) is 35.3 Å². The van der Waals surface area contributed by atoms with Crippen LogP contribution in [0.3, 0.4) is 0 Å². The molecule has 2 fully saturated rings. The fourth-order valence-corrected chi connectivity index (χ4v) is 7.75. The number of carboxylic acid groups (broad SMARTS) is 1. The summed E-state index contributed by atoms with van der Waals surface area (Å²) in [6.45, 7) is 8.32. The number of aryl methyl sites for hydroxylation is 2. The van der Waals surface area contributed by atoms with Crippen molar-refractivity contribution in [2.24, 2.45) is 11.8 Å². The highest BCUT2D eigenvalue weighted by molar-refractivity contribution is 5.82. The molecule has 1 aromatic heterocycles. The van der Waals surface area contributed by atoms with Gasteiger partial charge in [0.15, 0.2) is 0 Å². The lowest BCUT2D eigenvalue weighted by Crippen LogP contribution is -2.41. The van der Waals surface area contributed by atoms with Crippen LogP contribution in [0.1, 0.15) is 104 Å². The maximum atomic E-state index is 16.7. The van der Waals surface area contributed by atoms with Gasteiger partial charge in [0, 0.05) is 42.3 Å². The first-order valence-corrected chi connectivity index (χ1v) is 18.3. The average Bonchev–Trinajstić information content (AvgIpc) is 3.69. The van der Waals surface area contributed by atoms with E-state index >= 15 is 8.78 Å². The van der Waals surface area contributed by atoms with Crippen LogP contribution in [0.2, 0.25) is 0 Å². The molecule has 1 aliphatic heterocycles. The molecule has 1 saturated carbocycles. The Morgan fingerprint density at radius 3 is 2.14 bits per heavy atom. The number of piperidine rings is 1. The van der Waals surface area contributed by atoms with E-state index in [2.05, 4.69) is 17.2 Å². The number of benzene rings is 2. The van der Waals surface area contributed by atoms with Crippen LogP contribution in [0, 0.1) is 55.0 Å². The second-order valence-electron chi connectivity index (χ2n) is 15.2. The Kier molecular flexibility index (Phi) is 12.4. The van der Waals surface area contributed by atoms with E-state index in [1.165, 1.54) is 20.8 Å². The number of rotatable bonds is 12. The molecular weight excluding hydrogens is 750 g/mol. The Labute approximate surface area is 319 Å². The first-order valence-electron chi connectivity index (χ1n) is 18.3. The Balaban J connectivity index is 1.57. The minimum atomic E-state index is -4.95. The second-order valence-corrected chi connectivity index (χ2v) is 15.2. The number of likely N-dealkylation sites (tertiary alicyclic amines) is 1. The molecule has 7 nitrogen and oxygen atoms in total. The molecule has 1 saturated heterocycles. The summed E-state index contributed by atoms with van der Waals surface area (Å²) in [7, 11) is 0. The van der Waals surface area contributed by atoms with Crippen molar-refractivity contribution in [3.63, 3.8) is 0 Å². The molecule has 3 atom stereocenters. The van der Waals surface area contributed by atoms with Crippen LogP contribution in [0.5, 0.6) is 0 Å².